The predicted molar refractivity (Wildman–Crippen MR) is 97.7 cm³/mol. The summed E-state index contributed by atoms with van der Waals surface area (Å²) in [6.07, 6.45) is 4.10. The average molecular weight is 350 g/mol. The number of aryl methyl sites for hydroxylation is 1. The van der Waals surface area contributed by atoms with Gasteiger partial charge in [-0.15, -0.1) is 11.8 Å². The lowest BCUT2D eigenvalue weighted by molar-refractivity contribution is -0.132. The zero-order valence-electron chi connectivity index (χ0n) is 14.5. The number of nitrogens with zero attached hydrogens (tertiary/aromatic N) is 1. The molecule has 132 valence electrons. The summed E-state index contributed by atoms with van der Waals surface area (Å²) in [5.74, 6) is -0.00392. The van der Waals surface area contributed by atoms with Crippen LogP contribution in [0.5, 0.6) is 0 Å². The minimum Gasteiger partial charge on any atom is -0.292 e. The van der Waals surface area contributed by atoms with Crippen molar-refractivity contribution in [2.75, 3.05) is 18.8 Å². The van der Waals surface area contributed by atoms with E-state index in [4.69, 9.17) is 0 Å². The Balaban J connectivity index is 1.73. The van der Waals surface area contributed by atoms with E-state index in [1.54, 1.807) is 0 Å². The van der Waals surface area contributed by atoms with Crippen LogP contribution in [0.1, 0.15) is 38.2 Å². The predicted octanol–water partition coefficient (Wildman–Crippen LogP) is 2.50. The molecule has 1 saturated heterocycles. The fourth-order valence-electron chi connectivity index (χ4n) is 2.88. The van der Waals surface area contributed by atoms with Crippen LogP contribution in [0.4, 0.5) is 0 Å². The molecule has 0 aliphatic carbocycles. The molecule has 0 spiro atoms. The molecule has 1 aromatic carbocycles. The van der Waals surface area contributed by atoms with Gasteiger partial charge in [-0.2, -0.15) is 0 Å². The fourth-order valence-corrected chi connectivity index (χ4v) is 3.58. The number of hydrogen-bond donors (Lipinski definition) is 2. The number of carbonyl (C=O) groups excluding carboxylic acids is 2. The maximum atomic E-state index is 12.3. The monoisotopic (exact) mass is 349 g/mol. The van der Waals surface area contributed by atoms with Gasteiger partial charge >= 0.3 is 0 Å². The molecule has 0 radical (unpaired) electrons. The second-order valence-electron chi connectivity index (χ2n) is 6.19. The van der Waals surface area contributed by atoms with Gasteiger partial charge in [0.15, 0.2) is 0 Å². The summed E-state index contributed by atoms with van der Waals surface area (Å²) in [5, 5.41) is 0. The Labute approximate surface area is 148 Å². The molecule has 1 heterocycles. The van der Waals surface area contributed by atoms with Crippen molar-refractivity contribution in [1.82, 2.24) is 15.8 Å². The smallest absolute Gasteiger partial charge is 0.255 e. The number of hydrogen-bond acceptors (Lipinski definition) is 4. The van der Waals surface area contributed by atoms with Gasteiger partial charge in [0.2, 0.25) is 5.91 Å². The van der Waals surface area contributed by atoms with Gasteiger partial charge in [0.05, 0.1) is 11.8 Å². The molecule has 0 aromatic heterocycles. The van der Waals surface area contributed by atoms with Gasteiger partial charge in [-0.05, 0) is 51.4 Å². The van der Waals surface area contributed by atoms with Crippen LogP contribution in [-0.2, 0) is 9.59 Å². The Morgan fingerprint density at radius 1 is 1.21 bits per heavy atom. The number of benzene rings is 1. The SMILES string of the molecule is CCCN1CCCCC1C(=O)NNC(=O)CSc1ccc(C)cc1. The normalized spacial score (nSPS) is 18.2. The summed E-state index contributed by atoms with van der Waals surface area (Å²) < 4.78 is 0. The minimum absolute atomic E-state index is 0.100. The number of thioether (sulfide) groups is 1. The van der Waals surface area contributed by atoms with Gasteiger partial charge in [0.1, 0.15) is 0 Å². The molecule has 1 aliphatic heterocycles. The highest BCUT2D eigenvalue weighted by Crippen LogP contribution is 2.18. The van der Waals surface area contributed by atoms with Crippen LogP contribution in [0.25, 0.3) is 0 Å². The minimum atomic E-state index is -0.188. The number of nitrogens with one attached hydrogen (secondary N) is 2. The first-order valence-electron chi connectivity index (χ1n) is 8.62. The topological polar surface area (TPSA) is 61.4 Å². The number of hydrazine groups is 1. The van der Waals surface area contributed by atoms with Gasteiger partial charge in [0.25, 0.3) is 5.91 Å². The summed E-state index contributed by atoms with van der Waals surface area (Å²) in [6.45, 7) is 6.04. The van der Waals surface area contributed by atoms with Crippen molar-refractivity contribution in [3.63, 3.8) is 0 Å². The molecule has 1 fully saturated rings. The van der Waals surface area contributed by atoms with E-state index in [9.17, 15) is 9.59 Å². The van der Waals surface area contributed by atoms with Crippen molar-refractivity contribution in [3.05, 3.63) is 29.8 Å². The molecule has 2 N–H and O–H groups in total. The van der Waals surface area contributed by atoms with Crippen LogP contribution in [0.3, 0.4) is 0 Å². The Morgan fingerprint density at radius 2 is 1.96 bits per heavy atom. The van der Waals surface area contributed by atoms with E-state index in [1.807, 2.05) is 31.2 Å². The van der Waals surface area contributed by atoms with Gasteiger partial charge in [0, 0.05) is 4.90 Å². The average Bonchev–Trinajstić information content (AvgIpc) is 2.60. The summed E-state index contributed by atoms with van der Waals surface area (Å²) >= 11 is 1.46. The van der Waals surface area contributed by atoms with Crippen LogP contribution >= 0.6 is 11.8 Å². The fraction of sp³-hybridized carbons (Fsp3) is 0.556. The molecule has 5 nitrogen and oxygen atoms in total. The van der Waals surface area contributed by atoms with E-state index in [0.717, 1.165) is 43.7 Å². The molecule has 6 heteroatoms. The van der Waals surface area contributed by atoms with E-state index < -0.39 is 0 Å². The molecule has 2 rings (SSSR count). The summed E-state index contributed by atoms with van der Waals surface area (Å²) in [5.41, 5.74) is 6.33. The number of carbonyl (C=O) groups is 2. The summed E-state index contributed by atoms with van der Waals surface area (Å²) in [6, 6.07) is 7.91. The lowest BCUT2D eigenvalue weighted by Gasteiger charge is -2.34. The highest BCUT2D eigenvalue weighted by Gasteiger charge is 2.28. The number of likely N-dealkylation sites (tertiary alicyclic amines) is 1. The van der Waals surface area contributed by atoms with Gasteiger partial charge in [-0.3, -0.25) is 25.3 Å². The van der Waals surface area contributed by atoms with Crippen molar-refractivity contribution >= 4 is 23.6 Å². The Kier molecular flexibility index (Phi) is 7.59. The molecule has 2 amide bonds. The van der Waals surface area contributed by atoms with Crippen molar-refractivity contribution in [1.29, 1.82) is 0 Å². The van der Waals surface area contributed by atoms with E-state index in [2.05, 4.69) is 22.7 Å². The molecule has 24 heavy (non-hydrogen) atoms. The van der Waals surface area contributed by atoms with E-state index in [-0.39, 0.29) is 23.6 Å². The van der Waals surface area contributed by atoms with Crippen LogP contribution in [-0.4, -0.2) is 41.6 Å². The van der Waals surface area contributed by atoms with E-state index in [1.165, 1.54) is 17.3 Å². The highest BCUT2D eigenvalue weighted by molar-refractivity contribution is 8.00. The molecular weight excluding hydrogens is 322 g/mol. The van der Waals surface area contributed by atoms with Gasteiger partial charge < -0.3 is 0 Å². The quantitative estimate of drug-likeness (QED) is 0.612. The van der Waals surface area contributed by atoms with E-state index >= 15 is 0 Å². The Morgan fingerprint density at radius 3 is 2.67 bits per heavy atom. The molecule has 1 unspecified atom stereocenters. The molecule has 1 atom stereocenters. The maximum absolute atomic E-state index is 12.3. The largest absolute Gasteiger partial charge is 0.292 e. The standard InChI is InChI=1S/C18H27N3O2S/c1-3-11-21-12-5-4-6-16(21)18(23)20-19-17(22)13-24-15-9-7-14(2)8-10-15/h7-10,16H,3-6,11-13H2,1-2H3,(H,19,22)(H,20,23). The maximum Gasteiger partial charge on any atom is 0.255 e. The first kappa shape index (κ1) is 18.8. The van der Waals surface area contributed by atoms with Crippen LogP contribution in [0.15, 0.2) is 29.2 Å². The number of rotatable bonds is 6. The second kappa shape index (κ2) is 9.69. The first-order valence-corrected chi connectivity index (χ1v) is 9.61. The lowest BCUT2D eigenvalue weighted by Crippen LogP contribution is -2.54. The summed E-state index contributed by atoms with van der Waals surface area (Å²) in [7, 11) is 0. The zero-order valence-corrected chi connectivity index (χ0v) is 15.3. The van der Waals surface area contributed by atoms with Crippen LogP contribution < -0.4 is 10.9 Å². The molecule has 1 aromatic rings. The van der Waals surface area contributed by atoms with E-state index in [0.29, 0.717) is 0 Å². The number of piperidine rings is 1. The van der Waals surface area contributed by atoms with Crippen LogP contribution in [0, 0.1) is 6.92 Å². The second-order valence-corrected chi connectivity index (χ2v) is 7.24. The third-order valence-electron chi connectivity index (χ3n) is 4.14. The van der Waals surface area contributed by atoms with Gasteiger partial charge in [-0.25, -0.2) is 0 Å². The van der Waals surface area contributed by atoms with Gasteiger partial charge in [-0.1, -0.05) is 31.0 Å². The third kappa shape index (κ3) is 5.83. The number of amides is 2. The highest BCUT2D eigenvalue weighted by atomic mass is 32.2. The third-order valence-corrected chi connectivity index (χ3v) is 5.16. The van der Waals surface area contributed by atoms with Crippen molar-refractivity contribution in [3.8, 4) is 0 Å². The van der Waals surface area contributed by atoms with Crippen molar-refractivity contribution in [2.24, 2.45) is 0 Å². The molecule has 1 aliphatic rings. The lowest BCUT2D eigenvalue weighted by atomic mass is 10.0. The zero-order chi connectivity index (χ0) is 17.4. The van der Waals surface area contributed by atoms with Crippen molar-refractivity contribution in [2.45, 2.75) is 50.5 Å². The molecular formula is C18H27N3O2S. The van der Waals surface area contributed by atoms with Crippen LogP contribution in [0.2, 0.25) is 0 Å². The molecule has 0 bridgehead atoms. The Bertz CT molecular complexity index is 546. The molecule has 0 saturated carbocycles. The Hall–Kier alpha value is -1.53. The van der Waals surface area contributed by atoms with Crippen molar-refractivity contribution < 1.29 is 9.59 Å². The summed E-state index contributed by atoms with van der Waals surface area (Å²) in [4.78, 5) is 27.5. The first-order chi connectivity index (χ1) is 11.6.